The van der Waals surface area contributed by atoms with Gasteiger partial charge in [-0.05, 0) is 55.3 Å². The molecule has 160 valence electrons. The lowest BCUT2D eigenvalue weighted by atomic mass is 9.93. The Morgan fingerprint density at radius 3 is 1.84 bits per heavy atom. The summed E-state index contributed by atoms with van der Waals surface area (Å²) in [6.45, 7) is 6.90. The van der Waals surface area contributed by atoms with Gasteiger partial charge in [-0.1, -0.05) is 91.0 Å². The number of hydrogen-bond acceptors (Lipinski definition) is 2. The van der Waals surface area contributed by atoms with Gasteiger partial charge in [-0.25, -0.2) is 0 Å². The van der Waals surface area contributed by atoms with Crippen molar-refractivity contribution in [2.75, 3.05) is 13.1 Å². The van der Waals surface area contributed by atoms with Gasteiger partial charge in [0.25, 0.3) is 0 Å². The molecular weight excluding hydrogens is 376 g/mol. The summed E-state index contributed by atoms with van der Waals surface area (Å²) in [4.78, 5) is 5.52. The van der Waals surface area contributed by atoms with Crippen LogP contribution in [-0.4, -0.2) is 28.4 Å². The summed E-state index contributed by atoms with van der Waals surface area (Å²) >= 11 is 0. The summed E-state index contributed by atoms with van der Waals surface area (Å²) in [6.07, 6.45) is 3.99. The molecule has 1 aliphatic carbocycles. The lowest BCUT2D eigenvalue weighted by Gasteiger charge is -2.37. The maximum atomic E-state index is 2.80. The second-order valence-electron chi connectivity index (χ2n) is 9.50. The quantitative estimate of drug-likeness (QED) is 0.430. The zero-order valence-electron chi connectivity index (χ0n) is 18.7. The van der Waals surface area contributed by atoms with Gasteiger partial charge < -0.3 is 0 Å². The van der Waals surface area contributed by atoms with Crippen molar-refractivity contribution in [3.8, 4) is 0 Å². The van der Waals surface area contributed by atoms with Crippen molar-refractivity contribution in [2.45, 2.75) is 50.9 Å². The molecule has 0 aromatic heterocycles. The molecule has 2 fully saturated rings. The molecule has 3 aromatic rings. The molecule has 1 heterocycles. The Morgan fingerprint density at radius 1 is 0.806 bits per heavy atom. The molecule has 0 amide bonds. The van der Waals surface area contributed by atoms with Crippen LogP contribution in [0.4, 0.5) is 0 Å². The van der Waals surface area contributed by atoms with Crippen LogP contribution < -0.4 is 0 Å². The van der Waals surface area contributed by atoms with E-state index in [1.807, 2.05) is 0 Å². The van der Waals surface area contributed by atoms with Crippen molar-refractivity contribution < 1.29 is 0 Å². The fourth-order valence-corrected chi connectivity index (χ4v) is 5.61. The Morgan fingerprint density at radius 2 is 1.32 bits per heavy atom. The fourth-order valence-electron chi connectivity index (χ4n) is 5.61. The molecule has 31 heavy (non-hydrogen) atoms. The third-order valence-electron chi connectivity index (χ3n) is 7.63. The van der Waals surface area contributed by atoms with Crippen LogP contribution in [0.25, 0.3) is 0 Å². The molecule has 2 aliphatic rings. The van der Waals surface area contributed by atoms with Gasteiger partial charge in [0.15, 0.2) is 0 Å². The third-order valence-corrected chi connectivity index (χ3v) is 7.63. The number of likely N-dealkylation sites (tertiary alicyclic amines) is 1. The van der Waals surface area contributed by atoms with Crippen LogP contribution in [0.1, 0.15) is 48.9 Å². The molecule has 0 N–H and O–H groups in total. The standard InChI is InChI=1S/C29H34N2/c1-24(27-15-9-4-10-16-27)30-20-17-28(23-30)29(18-19-29)31(21-25-11-5-2-6-12-25)22-26-13-7-3-8-14-26/h2-16,24,28H,17-23H2,1H3/t24-,28-/m0/s1. The topological polar surface area (TPSA) is 6.48 Å². The number of hydrogen-bond donors (Lipinski definition) is 0. The zero-order valence-corrected chi connectivity index (χ0v) is 18.7. The van der Waals surface area contributed by atoms with Crippen LogP contribution in [0.2, 0.25) is 0 Å². The zero-order chi connectivity index (χ0) is 21.1. The minimum absolute atomic E-state index is 0.358. The molecule has 2 heteroatoms. The van der Waals surface area contributed by atoms with Crippen LogP contribution in [0.3, 0.4) is 0 Å². The van der Waals surface area contributed by atoms with Crippen LogP contribution in [-0.2, 0) is 13.1 Å². The van der Waals surface area contributed by atoms with Crippen LogP contribution >= 0.6 is 0 Å². The second kappa shape index (κ2) is 8.98. The summed E-state index contributed by atoms with van der Waals surface area (Å²) in [6, 6.07) is 33.6. The molecule has 1 saturated carbocycles. The summed E-state index contributed by atoms with van der Waals surface area (Å²) < 4.78 is 0. The van der Waals surface area contributed by atoms with Crippen molar-refractivity contribution in [2.24, 2.45) is 5.92 Å². The average Bonchev–Trinajstić information content (AvgIpc) is 3.49. The van der Waals surface area contributed by atoms with E-state index >= 15 is 0 Å². The fraction of sp³-hybridized carbons (Fsp3) is 0.379. The van der Waals surface area contributed by atoms with E-state index in [0.717, 1.165) is 19.0 Å². The highest BCUT2D eigenvalue weighted by Gasteiger charge is 2.55. The summed E-state index contributed by atoms with van der Waals surface area (Å²) in [5.74, 6) is 0.756. The highest BCUT2D eigenvalue weighted by Crippen LogP contribution is 2.52. The predicted octanol–water partition coefficient (Wildman–Crippen LogP) is 6.30. The monoisotopic (exact) mass is 410 g/mol. The molecule has 1 aliphatic heterocycles. The molecule has 5 rings (SSSR count). The van der Waals surface area contributed by atoms with Crippen molar-refractivity contribution in [1.29, 1.82) is 0 Å². The summed E-state index contributed by atoms with van der Waals surface area (Å²) in [7, 11) is 0. The maximum Gasteiger partial charge on any atom is 0.0320 e. The van der Waals surface area contributed by atoms with Crippen LogP contribution in [0.5, 0.6) is 0 Å². The van der Waals surface area contributed by atoms with E-state index in [0.29, 0.717) is 11.6 Å². The average molecular weight is 411 g/mol. The van der Waals surface area contributed by atoms with Gasteiger partial charge in [-0.15, -0.1) is 0 Å². The first kappa shape index (κ1) is 20.5. The molecule has 2 nitrogen and oxygen atoms in total. The molecule has 3 aromatic carbocycles. The Bertz CT molecular complexity index is 908. The Hall–Kier alpha value is -2.42. The van der Waals surface area contributed by atoms with E-state index < -0.39 is 0 Å². The van der Waals surface area contributed by atoms with Crippen molar-refractivity contribution in [3.05, 3.63) is 108 Å². The number of benzene rings is 3. The summed E-state index contributed by atoms with van der Waals surface area (Å²) in [5.41, 5.74) is 4.66. The third kappa shape index (κ3) is 4.46. The van der Waals surface area contributed by atoms with E-state index in [4.69, 9.17) is 0 Å². The maximum absolute atomic E-state index is 2.80. The van der Waals surface area contributed by atoms with E-state index in [1.54, 1.807) is 0 Å². The minimum atomic E-state index is 0.358. The van der Waals surface area contributed by atoms with Gasteiger partial charge in [-0.3, -0.25) is 9.80 Å². The molecule has 1 saturated heterocycles. The van der Waals surface area contributed by atoms with Gasteiger partial charge in [-0.2, -0.15) is 0 Å². The smallest absolute Gasteiger partial charge is 0.0320 e. The highest BCUT2D eigenvalue weighted by atomic mass is 15.3. The molecule has 0 unspecified atom stereocenters. The lowest BCUT2D eigenvalue weighted by Crippen LogP contribution is -2.43. The largest absolute Gasteiger partial charge is 0.296 e. The Kier molecular flexibility index (Phi) is 5.93. The van der Waals surface area contributed by atoms with Crippen LogP contribution in [0, 0.1) is 5.92 Å². The lowest BCUT2D eigenvalue weighted by molar-refractivity contribution is 0.100. The van der Waals surface area contributed by atoms with Crippen molar-refractivity contribution in [1.82, 2.24) is 9.80 Å². The second-order valence-corrected chi connectivity index (χ2v) is 9.50. The normalized spacial score (nSPS) is 21.3. The molecule has 0 radical (unpaired) electrons. The van der Waals surface area contributed by atoms with Crippen molar-refractivity contribution >= 4 is 0 Å². The molecule has 0 bridgehead atoms. The van der Waals surface area contributed by atoms with Crippen LogP contribution in [0.15, 0.2) is 91.0 Å². The molecule has 2 atom stereocenters. The Labute approximate surface area is 187 Å². The minimum Gasteiger partial charge on any atom is -0.296 e. The molecule has 0 spiro atoms. The first-order valence-corrected chi connectivity index (χ1v) is 11.9. The molecular formula is C29H34N2. The van der Waals surface area contributed by atoms with E-state index in [-0.39, 0.29) is 0 Å². The SMILES string of the molecule is C[C@@H](c1ccccc1)N1CC[C@H](C2(N(Cc3ccccc3)Cc3ccccc3)CC2)C1. The summed E-state index contributed by atoms with van der Waals surface area (Å²) in [5, 5.41) is 0. The van der Waals surface area contributed by atoms with Gasteiger partial charge in [0.2, 0.25) is 0 Å². The van der Waals surface area contributed by atoms with Gasteiger partial charge in [0.1, 0.15) is 0 Å². The van der Waals surface area contributed by atoms with Gasteiger partial charge in [0, 0.05) is 31.2 Å². The first-order chi connectivity index (χ1) is 15.2. The van der Waals surface area contributed by atoms with E-state index in [2.05, 4.69) is 108 Å². The number of nitrogens with zero attached hydrogens (tertiary/aromatic N) is 2. The van der Waals surface area contributed by atoms with E-state index in [9.17, 15) is 0 Å². The Balaban J connectivity index is 1.35. The number of rotatable bonds is 8. The van der Waals surface area contributed by atoms with Crippen molar-refractivity contribution in [3.63, 3.8) is 0 Å². The first-order valence-electron chi connectivity index (χ1n) is 11.9. The van der Waals surface area contributed by atoms with E-state index in [1.165, 1.54) is 49.0 Å². The van der Waals surface area contributed by atoms with Gasteiger partial charge in [0.05, 0.1) is 0 Å². The highest BCUT2D eigenvalue weighted by molar-refractivity contribution is 5.22. The predicted molar refractivity (Wildman–Crippen MR) is 129 cm³/mol. The van der Waals surface area contributed by atoms with Gasteiger partial charge >= 0.3 is 0 Å².